The number of anilines is 1. The van der Waals surface area contributed by atoms with E-state index in [1.165, 1.54) is 0 Å². The number of nitrogens with one attached hydrogen (secondary N) is 1. The van der Waals surface area contributed by atoms with Gasteiger partial charge in [0.15, 0.2) is 5.82 Å². The highest BCUT2D eigenvalue weighted by Crippen LogP contribution is 2.27. The standard InChI is InChI=1S/C15H19IN4/c1-4-8-18-15-12(16)13(10(2)3)19-14(20-15)11-7-5-6-9-17-11/h5-7,9-10H,4,8H2,1-3H3,(H,18,19,20). The molecule has 0 aromatic carbocycles. The molecule has 0 fully saturated rings. The Morgan fingerprint density at radius 2 is 2.05 bits per heavy atom. The van der Waals surface area contributed by atoms with E-state index in [9.17, 15) is 0 Å². The molecule has 2 rings (SSSR count). The maximum atomic E-state index is 4.69. The van der Waals surface area contributed by atoms with Crippen molar-refractivity contribution in [3.8, 4) is 11.5 Å². The van der Waals surface area contributed by atoms with Crippen molar-refractivity contribution in [1.82, 2.24) is 15.0 Å². The summed E-state index contributed by atoms with van der Waals surface area (Å²) >= 11 is 2.32. The van der Waals surface area contributed by atoms with Crippen LogP contribution in [0.25, 0.3) is 11.5 Å². The van der Waals surface area contributed by atoms with Crippen LogP contribution in [-0.2, 0) is 0 Å². The van der Waals surface area contributed by atoms with Crippen molar-refractivity contribution < 1.29 is 0 Å². The van der Waals surface area contributed by atoms with Crippen molar-refractivity contribution >= 4 is 28.4 Å². The zero-order valence-corrected chi connectivity index (χ0v) is 14.2. The molecule has 0 bridgehead atoms. The molecule has 0 atom stereocenters. The molecule has 2 heterocycles. The number of nitrogens with zero attached hydrogens (tertiary/aromatic N) is 3. The molecule has 0 saturated heterocycles. The molecule has 106 valence electrons. The summed E-state index contributed by atoms with van der Waals surface area (Å²) in [7, 11) is 0. The average molecular weight is 382 g/mol. The van der Waals surface area contributed by atoms with Crippen molar-refractivity contribution in [1.29, 1.82) is 0 Å². The minimum Gasteiger partial charge on any atom is -0.369 e. The molecule has 2 aromatic heterocycles. The lowest BCUT2D eigenvalue weighted by Crippen LogP contribution is -2.10. The molecule has 0 unspecified atom stereocenters. The first-order valence-electron chi connectivity index (χ1n) is 6.86. The molecule has 4 nitrogen and oxygen atoms in total. The third-order valence-electron chi connectivity index (χ3n) is 2.86. The van der Waals surface area contributed by atoms with Crippen LogP contribution >= 0.6 is 22.6 Å². The normalized spacial score (nSPS) is 10.8. The fraction of sp³-hybridized carbons (Fsp3) is 0.400. The molecular weight excluding hydrogens is 363 g/mol. The highest BCUT2D eigenvalue weighted by atomic mass is 127. The topological polar surface area (TPSA) is 50.7 Å². The first-order chi connectivity index (χ1) is 9.63. The molecule has 0 spiro atoms. The lowest BCUT2D eigenvalue weighted by atomic mass is 10.1. The molecule has 0 aliphatic carbocycles. The average Bonchev–Trinajstić information content (AvgIpc) is 2.46. The molecule has 20 heavy (non-hydrogen) atoms. The van der Waals surface area contributed by atoms with Gasteiger partial charge in [0.05, 0.1) is 9.26 Å². The number of pyridine rings is 1. The Morgan fingerprint density at radius 3 is 2.65 bits per heavy atom. The summed E-state index contributed by atoms with van der Waals surface area (Å²) in [5.74, 6) is 1.95. The van der Waals surface area contributed by atoms with Crippen LogP contribution in [0.1, 0.15) is 38.8 Å². The molecule has 1 N–H and O–H groups in total. The smallest absolute Gasteiger partial charge is 0.180 e. The maximum absolute atomic E-state index is 4.69. The van der Waals surface area contributed by atoms with Gasteiger partial charge in [-0.2, -0.15) is 0 Å². The number of halogens is 1. The van der Waals surface area contributed by atoms with E-state index >= 15 is 0 Å². The Balaban J connectivity index is 2.50. The van der Waals surface area contributed by atoms with Crippen LogP contribution < -0.4 is 5.32 Å². The Labute approximate surface area is 133 Å². The van der Waals surface area contributed by atoms with Crippen LogP contribution in [0.4, 0.5) is 5.82 Å². The van der Waals surface area contributed by atoms with E-state index in [-0.39, 0.29) is 0 Å². The predicted octanol–water partition coefficient (Wildman–Crippen LogP) is 4.09. The van der Waals surface area contributed by atoms with Gasteiger partial charge in [-0.05, 0) is 47.1 Å². The summed E-state index contributed by atoms with van der Waals surface area (Å²) in [6, 6.07) is 5.80. The predicted molar refractivity (Wildman–Crippen MR) is 90.8 cm³/mol. The second-order valence-electron chi connectivity index (χ2n) is 4.89. The van der Waals surface area contributed by atoms with Gasteiger partial charge in [0, 0.05) is 12.7 Å². The van der Waals surface area contributed by atoms with E-state index < -0.39 is 0 Å². The molecule has 0 amide bonds. The van der Waals surface area contributed by atoms with E-state index in [0.29, 0.717) is 11.7 Å². The molecule has 5 heteroatoms. The van der Waals surface area contributed by atoms with Gasteiger partial charge in [-0.3, -0.25) is 4.98 Å². The SMILES string of the molecule is CCCNc1nc(-c2ccccn2)nc(C(C)C)c1I. The lowest BCUT2D eigenvalue weighted by molar-refractivity contribution is 0.806. The zero-order valence-electron chi connectivity index (χ0n) is 12.0. The Kier molecular flexibility index (Phi) is 5.28. The second kappa shape index (κ2) is 6.97. The van der Waals surface area contributed by atoms with Crippen molar-refractivity contribution in [3.63, 3.8) is 0 Å². The Bertz CT molecular complexity index is 570. The van der Waals surface area contributed by atoms with Crippen molar-refractivity contribution in [2.24, 2.45) is 0 Å². The van der Waals surface area contributed by atoms with Crippen LogP contribution in [0.3, 0.4) is 0 Å². The monoisotopic (exact) mass is 382 g/mol. The Hall–Kier alpha value is -1.24. The van der Waals surface area contributed by atoms with E-state index in [2.05, 4.69) is 63.6 Å². The summed E-state index contributed by atoms with van der Waals surface area (Å²) in [6.45, 7) is 7.35. The molecule has 2 aromatic rings. The maximum Gasteiger partial charge on any atom is 0.180 e. The van der Waals surface area contributed by atoms with Gasteiger partial charge in [0.25, 0.3) is 0 Å². The molecule has 0 radical (unpaired) electrons. The summed E-state index contributed by atoms with van der Waals surface area (Å²) in [5.41, 5.74) is 1.88. The lowest BCUT2D eigenvalue weighted by Gasteiger charge is -2.14. The van der Waals surface area contributed by atoms with Gasteiger partial charge in [-0.1, -0.05) is 26.8 Å². The molecule has 0 saturated carbocycles. The summed E-state index contributed by atoms with van der Waals surface area (Å²) in [5, 5.41) is 3.38. The van der Waals surface area contributed by atoms with Gasteiger partial charge in [0.2, 0.25) is 0 Å². The van der Waals surface area contributed by atoms with Crippen LogP contribution in [0.15, 0.2) is 24.4 Å². The van der Waals surface area contributed by atoms with Gasteiger partial charge >= 0.3 is 0 Å². The number of aromatic nitrogens is 3. The van der Waals surface area contributed by atoms with Crippen LogP contribution in [0.2, 0.25) is 0 Å². The molecule has 0 aliphatic heterocycles. The van der Waals surface area contributed by atoms with Gasteiger partial charge in [-0.25, -0.2) is 9.97 Å². The number of hydrogen-bond donors (Lipinski definition) is 1. The second-order valence-corrected chi connectivity index (χ2v) is 5.97. The van der Waals surface area contributed by atoms with E-state index in [4.69, 9.17) is 0 Å². The fourth-order valence-corrected chi connectivity index (χ4v) is 2.87. The first kappa shape index (κ1) is 15.2. The third-order valence-corrected chi connectivity index (χ3v) is 3.92. The quantitative estimate of drug-likeness (QED) is 0.792. The van der Waals surface area contributed by atoms with E-state index in [1.54, 1.807) is 6.20 Å². The van der Waals surface area contributed by atoms with Crippen molar-refractivity contribution in [3.05, 3.63) is 33.7 Å². The van der Waals surface area contributed by atoms with Crippen LogP contribution in [0, 0.1) is 3.57 Å². The number of rotatable bonds is 5. The Morgan fingerprint density at radius 1 is 1.25 bits per heavy atom. The van der Waals surface area contributed by atoms with Crippen LogP contribution in [0.5, 0.6) is 0 Å². The number of hydrogen-bond acceptors (Lipinski definition) is 4. The first-order valence-corrected chi connectivity index (χ1v) is 7.94. The van der Waals surface area contributed by atoms with Crippen molar-refractivity contribution in [2.45, 2.75) is 33.1 Å². The zero-order chi connectivity index (χ0) is 14.5. The largest absolute Gasteiger partial charge is 0.369 e. The highest BCUT2D eigenvalue weighted by molar-refractivity contribution is 14.1. The highest BCUT2D eigenvalue weighted by Gasteiger charge is 2.15. The van der Waals surface area contributed by atoms with Gasteiger partial charge < -0.3 is 5.32 Å². The summed E-state index contributed by atoms with van der Waals surface area (Å²) in [6.07, 6.45) is 2.83. The van der Waals surface area contributed by atoms with Gasteiger partial charge in [-0.15, -0.1) is 0 Å². The molecular formula is C15H19IN4. The summed E-state index contributed by atoms with van der Waals surface area (Å²) in [4.78, 5) is 13.7. The molecule has 0 aliphatic rings. The van der Waals surface area contributed by atoms with E-state index in [0.717, 1.165) is 33.7 Å². The third kappa shape index (κ3) is 3.45. The van der Waals surface area contributed by atoms with Gasteiger partial charge in [0.1, 0.15) is 11.5 Å². The minimum atomic E-state index is 0.356. The fourth-order valence-electron chi connectivity index (χ4n) is 1.82. The van der Waals surface area contributed by atoms with Crippen molar-refractivity contribution in [2.75, 3.05) is 11.9 Å². The minimum absolute atomic E-state index is 0.356. The van der Waals surface area contributed by atoms with Crippen LogP contribution in [-0.4, -0.2) is 21.5 Å². The van der Waals surface area contributed by atoms with E-state index in [1.807, 2.05) is 18.2 Å². The summed E-state index contributed by atoms with van der Waals surface area (Å²) < 4.78 is 1.10.